The average molecular weight is 279 g/mol. The van der Waals surface area contributed by atoms with E-state index in [9.17, 15) is 4.79 Å². The molecule has 1 rings (SSSR count). The van der Waals surface area contributed by atoms with E-state index in [1.807, 2.05) is 65.1 Å². The van der Waals surface area contributed by atoms with E-state index in [1.165, 1.54) is 5.56 Å². The Morgan fingerprint density at radius 2 is 1.60 bits per heavy atom. The van der Waals surface area contributed by atoms with Crippen molar-refractivity contribution in [1.29, 1.82) is 0 Å². The second-order valence-corrected chi connectivity index (χ2v) is 4.93. The fourth-order valence-electron chi connectivity index (χ4n) is 1.38. The molecule has 0 aliphatic carbocycles. The molecule has 0 radical (unpaired) electrons. The minimum Gasteiger partial charge on any atom is -0.451 e. The average Bonchev–Trinajstić information content (AvgIpc) is 2.40. The number of rotatable bonds is 3. The van der Waals surface area contributed by atoms with Gasteiger partial charge in [-0.25, -0.2) is 0 Å². The molecule has 1 N–H and O–H groups in total. The van der Waals surface area contributed by atoms with Crippen molar-refractivity contribution in [3.63, 3.8) is 0 Å². The van der Waals surface area contributed by atoms with Gasteiger partial charge in [0.25, 0.3) is 6.92 Å². The molecule has 0 aliphatic heterocycles. The van der Waals surface area contributed by atoms with Crippen LogP contribution >= 0.6 is 0 Å². The van der Waals surface area contributed by atoms with Crippen LogP contribution in [0.4, 0.5) is 0 Å². The maximum atomic E-state index is 11.6. The Bertz CT molecular complexity index is 337. The van der Waals surface area contributed by atoms with Crippen LogP contribution in [0.15, 0.2) is 30.3 Å². The maximum absolute atomic E-state index is 11.6. The van der Waals surface area contributed by atoms with E-state index in [1.54, 1.807) is 18.5 Å². The summed E-state index contributed by atoms with van der Waals surface area (Å²) in [5.41, 5.74) is 1.17. The molecule has 4 heteroatoms. The predicted molar refractivity (Wildman–Crippen MR) is 88.8 cm³/mol. The van der Waals surface area contributed by atoms with Gasteiger partial charge in [0.15, 0.2) is 0 Å². The normalized spacial score (nSPS) is 8.85. The minimum atomic E-state index is -0.167. The molecule has 0 atom stereocenters. The minimum absolute atomic E-state index is 0.0729. The van der Waals surface area contributed by atoms with Crippen LogP contribution in [0.2, 0.25) is 13.6 Å². The summed E-state index contributed by atoms with van der Waals surface area (Å²) in [6, 6.07) is 10.0. The molecule has 114 valence electrons. The van der Waals surface area contributed by atoms with Crippen molar-refractivity contribution in [3.8, 4) is 0 Å². The van der Waals surface area contributed by atoms with Gasteiger partial charge in [0.1, 0.15) is 0 Å². The van der Waals surface area contributed by atoms with E-state index in [0.717, 1.165) is 0 Å². The number of nitrogens with zero attached hydrogens (tertiary/aromatic N) is 1. The summed E-state index contributed by atoms with van der Waals surface area (Å²) < 4.78 is 0. The molecule has 0 unspecified atom stereocenters. The Morgan fingerprint density at radius 1 is 1.20 bits per heavy atom. The fourth-order valence-corrected chi connectivity index (χ4v) is 1.38. The van der Waals surface area contributed by atoms with Gasteiger partial charge in [0.05, 0.1) is 0 Å². The summed E-state index contributed by atoms with van der Waals surface area (Å²) in [4.78, 5) is 13.3. The number of carbonyl (C=O) groups is 1. The SMILES string of the molecule is CB(C)O.CC.CC(C)C(=O)N(C)Cc1ccccc1. The lowest BCUT2D eigenvalue weighted by Gasteiger charge is -2.19. The highest BCUT2D eigenvalue weighted by molar-refractivity contribution is 6.46. The molecule has 0 saturated carbocycles. The van der Waals surface area contributed by atoms with Crippen LogP contribution in [0.3, 0.4) is 0 Å². The fraction of sp³-hybridized carbons (Fsp3) is 0.562. The van der Waals surface area contributed by atoms with Gasteiger partial charge in [-0.2, -0.15) is 0 Å². The van der Waals surface area contributed by atoms with Gasteiger partial charge in [-0.1, -0.05) is 71.7 Å². The van der Waals surface area contributed by atoms with Gasteiger partial charge in [0.2, 0.25) is 5.91 Å². The number of carbonyl (C=O) groups excluding carboxylic acids is 1. The lowest BCUT2D eigenvalue weighted by Crippen LogP contribution is -2.29. The van der Waals surface area contributed by atoms with Crippen molar-refractivity contribution in [2.24, 2.45) is 5.92 Å². The Morgan fingerprint density at radius 3 is 1.95 bits per heavy atom. The first-order valence-electron chi connectivity index (χ1n) is 7.31. The topological polar surface area (TPSA) is 40.5 Å². The zero-order chi connectivity index (χ0) is 16.1. The maximum Gasteiger partial charge on any atom is 0.282 e. The van der Waals surface area contributed by atoms with E-state index < -0.39 is 0 Å². The number of amides is 1. The summed E-state index contributed by atoms with van der Waals surface area (Å²) in [5.74, 6) is 0.262. The van der Waals surface area contributed by atoms with E-state index in [0.29, 0.717) is 6.54 Å². The van der Waals surface area contributed by atoms with Gasteiger partial charge in [-0.3, -0.25) is 4.79 Å². The number of benzene rings is 1. The molecular formula is C16H30BNO2. The highest BCUT2D eigenvalue weighted by Gasteiger charge is 2.12. The molecule has 1 amide bonds. The number of hydrogen-bond donors (Lipinski definition) is 1. The summed E-state index contributed by atoms with van der Waals surface area (Å²) in [5, 5.41) is 8.06. The zero-order valence-corrected chi connectivity index (χ0v) is 14.1. The lowest BCUT2D eigenvalue weighted by molar-refractivity contribution is -0.133. The van der Waals surface area contributed by atoms with Crippen molar-refractivity contribution in [1.82, 2.24) is 4.90 Å². The van der Waals surface area contributed by atoms with Crippen LogP contribution < -0.4 is 0 Å². The predicted octanol–water partition coefficient (Wildman–Crippen LogP) is 3.56. The van der Waals surface area contributed by atoms with Crippen LogP contribution in [-0.4, -0.2) is 29.8 Å². The number of hydrogen-bond acceptors (Lipinski definition) is 2. The summed E-state index contributed by atoms with van der Waals surface area (Å²) in [6.07, 6.45) is 0. The smallest absolute Gasteiger partial charge is 0.282 e. The standard InChI is InChI=1S/C12H17NO.C2H7BO.C2H6/c1-10(2)12(14)13(3)9-11-7-5-4-6-8-11;1-3(2)4;1-2/h4-8,10H,9H2,1-3H3;4H,1-2H3;1-2H3. The highest BCUT2D eigenvalue weighted by atomic mass is 16.2. The van der Waals surface area contributed by atoms with Crippen LogP contribution in [0.5, 0.6) is 0 Å². The summed E-state index contributed by atoms with van der Waals surface area (Å²) >= 11 is 0. The third kappa shape index (κ3) is 11.8. The molecular weight excluding hydrogens is 249 g/mol. The molecule has 0 saturated heterocycles. The monoisotopic (exact) mass is 279 g/mol. The van der Waals surface area contributed by atoms with E-state index in [2.05, 4.69) is 0 Å². The van der Waals surface area contributed by atoms with Gasteiger partial charge < -0.3 is 9.92 Å². The second kappa shape index (κ2) is 12.7. The van der Waals surface area contributed by atoms with E-state index in [-0.39, 0.29) is 18.7 Å². The Balaban J connectivity index is 0. The van der Waals surface area contributed by atoms with Crippen LogP contribution in [0.1, 0.15) is 33.3 Å². The van der Waals surface area contributed by atoms with Gasteiger partial charge >= 0.3 is 0 Å². The van der Waals surface area contributed by atoms with E-state index >= 15 is 0 Å². The van der Waals surface area contributed by atoms with Crippen LogP contribution in [0, 0.1) is 5.92 Å². The molecule has 3 nitrogen and oxygen atoms in total. The molecule has 0 aromatic heterocycles. The summed E-state index contributed by atoms with van der Waals surface area (Å²) in [6.45, 7) is 11.8. The molecule has 1 aromatic rings. The quantitative estimate of drug-likeness (QED) is 0.859. The molecule has 0 heterocycles. The summed E-state index contributed by atoms with van der Waals surface area (Å²) in [7, 11) is 1.84. The largest absolute Gasteiger partial charge is 0.451 e. The Hall–Kier alpha value is -1.29. The molecule has 0 spiro atoms. The third-order valence-corrected chi connectivity index (χ3v) is 2.13. The molecule has 1 aromatic carbocycles. The lowest BCUT2D eigenvalue weighted by atomic mass is 9.76. The van der Waals surface area contributed by atoms with Gasteiger partial charge in [0, 0.05) is 19.5 Å². The van der Waals surface area contributed by atoms with Crippen LogP contribution in [-0.2, 0) is 11.3 Å². The molecule has 0 bridgehead atoms. The first-order chi connectivity index (χ1) is 9.34. The molecule has 0 fully saturated rings. The van der Waals surface area contributed by atoms with Crippen LogP contribution in [0.25, 0.3) is 0 Å². The van der Waals surface area contributed by atoms with E-state index in [4.69, 9.17) is 5.02 Å². The van der Waals surface area contributed by atoms with Crippen molar-refractivity contribution < 1.29 is 9.82 Å². The molecule has 20 heavy (non-hydrogen) atoms. The van der Waals surface area contributed by atoms with Crippen molar-refractivity contribution in [2.45, 2.75) is 47.9 Å². The van der Waals surface area contributed by atoms with Crippen molar-refractivity contribution in [3.05, 3.63) is 35.9 Å². The van der Waals surface area contributed by atoms with Gasteiger partial charge in [-0.05, 0) is 5.56 Å². The molecule has 0 aliphatic rings. The van der Waals surface area contributed by atoms with Crippen molar-refractivity contribution >= 4 is 12.8 Å². The zero-order valence-electron chi connectivity index (χ0n) is 14.1. The Kier molecular flexibility index (Phi) is 13.4. The van der Waals surface area contributed by atoms with Crippen molar-refractivity contribution in [2.75, 3.05) is 7.05 Å². The highest BCUT2D eigenvalue weighted by Crippen LogP contribution is 2.06. The first kappa shape index (κ1) is 21.0. The second-order valence-electron chi connectivity index (χ2n) is 4.93. The van der Waals surface area contributed by atoms with Gasteiger partial charge in [-0.15, -0.1) is 0 Å². The first-order valence-corrected chi connectivity index (χ1v) is 7.31. The third-order valence-electron chi connectivity index (χ3n) is 2.13. The Labute approximate surface area is 125 Å².